The number of rotatable bonds is 7. The lowest BCUT2D eigenvalue weighted by Crippen LogP contribution is -2.54. The second kappa shape index (κ2) is 11.1. The average molecular weight is 474 g/mol. The second-order valence-electron chi connectivity index (χ2n) is 10.5. The molecule has 3 amide bonds. The zero-order valence-corrected chi connectivity index (χ0v) is 20.9. The maximum absolute atomic E-state index is 13.6. The van der Waals surface area contributed by atoms with E-state index in [1.165, 1.54) is 6.42 Å². The third-order valence-electron chi connectivity index (χ3n) is 6.55. The molecule has 1 atom stereocenters. The molecule has 0 spiro atoms. The van der Waals surface area contributed by atoms with Gasteiger partial charge in [0.1, 0.15) is 23.9 Å². The van der Waals surface area contributed by atoms with Crippen LogP contribution in [-0.4, -0.2) is 52.1 Å². The number of carbonyl (C=O) groups excluding carboxylic acids is 3. The molecule has 2 aliphatic rings. The Morgan fingerprint density at radius 1 is 1.09 bits per heavy atom. The van der Waals surface area contributed by atoms with E-state index in [9.17, 15) is 19.5 Å². The van der Waals surface area contributed by atoms with Crippen LogP contribution in [0.4, 0.5) is 4.79 Å². The summed E-state index contributed by atoms with van der Waals surface area (Å²) in [6, 6.07) is 4.21. The van der Waals surface area contributed by atoms with E-state index >= 15 is 0 Å². The number of hydrogen-bond donors (Lipinski definition) is 3. The fraction of sp³-hybridized carbons (Fsp3) is 0.654. The normalized spacial score (nSPS) is 17.9. The Kier molecular flexibility index (Phi) is 8.44. The number of aryl methyl sites for hydroxylation is 1. The zero-order valence-electron chi connectivity index (χ0n) is 20.9. The minimum atomic E-state index is -0.834. The number of aromatic hydroxyl groups is 1. The van der Waals surface area contributed by atoms with Crippen molar-refractivity contribution in [2.24, 2.45) is 0 Å². The highest BCUT2D eigenvalue weighted by Gasteiger charge is 2.39. The van der Waals surface area contributed by atoms with Crippen LogP contribution in [0.3, 0.4) is 0 Å². The summed E-state index contributed by atoms with van der Waals surface area (Å²) in [5.74, 6) is -0.400. The fourth-order valence-corrected chi connectivity index (χ4v) is 4.59. The lowest BCUT2D eigenvalue weighted by Gasteiger charge is -2.42. The molecule has 34 heavy (non-hydrogen) atoms. The number of carbonyl (C=O) groups is 3. The minimum Gasteiger partial charge on any atom is -0.508 e. The molecule has 1 aromatic carbocycles. The van der Waals surface area contributed by atoms with Gasteiger partial charge in [-0.25, -0.2) is 4.79 Å². The number of alkyl carbamates (subject to hydrolysis) is 1. The summed E-state index contributed by atoms with van der Waals surface area (Å²) in [6.45, 7) is 6.79. The first-order valence-corrected chi connectivity index (χ1v) is 12.4. The Morgan fingerprint density at radius 2 is 1.76 bits per heavy atom. The lowest BCUT2D eigenvalue weighted by atomic mass is 9.88. The van der Waals surface area contributed by atoms with Crippen molar-refractivity contribution in [3.05, 3.63) is 29.3 Å². The van der Waals surface area contributed by atoms with E-state index in [1.807, 2.05) is 0 Å². The van der Waals surface area contributed by atoms with Gasteiger partial charge in [0.15, 0.2) is 0 Å². The SMILES string of the molecule is Cc1cc(C(C(=O)NC2CCCCC2)N(C(=O)CNC(=O)OC(C)(C)C)C2CCC2)ccc1O. The third kappa shape index (κ3) is 6.87. The smallest absolute Gasteiger partial charge is 0.408 e. The first-order valence-electron chi connectivity index (χ1n) is 12.4. The van der Waals surface area contributed by atoms with Gasteiger partial charge < -0.3 is 25.4 Å². The van der Waals surface area contributed by atoms with E-state index in [0.29, 0.717) is 11.1 Å². The Hall–Kier alpha value is -2.77. The van der Waals surface area contributed by atoms with Crippen molar-refractivity contribution in [1.82, 2.24) is 15.5 Å². The first kappa shape index (κ1) is 25.8. The molecule has 3 N–H and O–H groups in total. The Labute approximate surface area is 202 Å². The quantitative estimate of drug-likeness (QED) is 0.553. The van der Waals surface area contributed by atoms with Crippen molar-refractivity contribution < 1.29 is 24.2 Å². The number of benzene rings is 1. The number of phenols is 1. The van der Waals surface area contributed by atoms with Gasteiger partial charge >= 0.3 is 6.09 Å². The number of amides is 3. The van der Waals surface area contributed by atoms with Gasteiger partial charge in [-0.05, 0) is 83.1 Å². The van der Waals surface area contributed by atoms with Crippen LogP contribution in [0.5, 0.6) is 5.75 Å². The van der Waals surface area contributed by atoms with Crippen LogP contribution in [0.2, 0.25) is 0 Å². The van der Waals surface area contributed by atoms with Gasteiger partial charge in [0.2, 0.25) is 11.8 Å². The molecule has 2 aliphatic carbocycles. The summed E-state index contributed by atoms with van der Waals surface area (Å²) in [5, 5.41) is 15.8. The Balaban J connectivity index is 1.85. The molecule has 8 heteroatoms. The number of nitrogens with one attached hydrogen (secondary N) is 2. The summed E-state index contributed by atoms with van der Waals surface area (Å²) < 4.78 is 5.26. The fourth-order valence-electron chi connectivity index (χ4n) is 4.59. The molecule has 0 bridgehead atoms. The highest BCUT2D eigenvalue weighted by atomic mass is 16.6. The van der Waals surface area contributed by atoms with Crippen LogP contribution < -0.4 is 10.6 Å². The molecule has 188 valence electrons. The lowest BCUT2D eigenvalue weighted by molar-refractivity contribution is -0.145. The summed E-state index contributed by atoms with van der Waals surface area (Å²) in [7, 11) is 0. The average Bonchev–Trinajstić information content (AvgIpc) is 2.72. The molecule has 2 saturated carbocycles. The highest BCUT2D eigenvalue weighted by molar-refractivity contribution is 5.91. The minimum absolute atomic E-state index is 0.0795. The predicted molar refractivity (Wildman–Crippen MR) is 129 cm³/mol. The van der Waals surface area contributed by atoms with Gasteiger partial charge in [0.25, 0.3) is 0 Å². The number of hydrogen-bond acceptors (Lipinski definition) is 5. The topological polar surface area (TPSA) is 108 Å². The van der Waals surface area contributed by atoms with Crippen LogP contribution in [-0.2, 0) is 14.3 Å². The second-order valence-corrected chi connectivity index (χ2v) is 10.5. The number of ether oxygens (including phenoxy) is 1. The maximum atomic E-state index is 13.6. The summed E-state index contributed by atoms with van der Waals surface area (Å²) >= 11 is 0. The van der Waals surface area contributed by atoms with Crippen molar-refractivity contribution in [1.29, 1.82) is 0 Å². The van der Waals surface area contributed by atoms with Crippen molar-refractivity contribution >= 4 is 17.9 Å². The van der Waals surface area contributed by atoms with Crippen LogP contribution in [0, 0.1) is 6.92 Å². The van der Waals surface area contributed by atoms with Crippen LogP contribution in [0.15, 0.2) is 18.2 Å². The van der Waals surface area contributed by atoms with E-state index in [-0.39, 0.29) is 36.2 Å². The first-order chi connectivity index (χ1) is 16.0. The molecule has 1 unspecified atom stereocenters. The van der Waals surface area contributed by atoms with Crippen molar-refractivity contribution in [3.8, 4) is 5.75 Å². The van der Waals surface area contributed by atoms with Crippen molar-refractivity contribution in [2.75, 3.05) is 6.54 Å². The van der Waals surface area contributed by atoms with E-state index < -0.39 is 17.7 Å². The van der Waals surface area contributed by atoms with Gasteiger partial charge in [0.05, 0.1) is 0 Å². The number of nitrogens with zero attached hydrogens (tertiary/aromatic N) is 1. The predicted octanol–water partition coefficient (Wildman–Crippen LogP) is 4.10. The zero-order chi connectivity index (χ0) is 24.9. The molecule has 8 nitrogen and oxygen atoms in total. The van der Waals surface area contributed by atoms with Crippen LogP contribution in [0.1, 0.15) is 89.3 Å². The number of phenolic OH excluding ortho intramolecular Hbond substituents is 1. The molecule has 3 rings (SSSR count). The third-order valence-corrected chi connectivity index (χ3v) is 6.55. The molecule has 2 fully saturated rings. The van der Waals surface area contributed by atoms with Crippen LogP contribution >= 0.6 is 0 Å². The van der Waals surface area contributed by atoms with E-state index in [2.05, 4.69) is 10.6 Å². The van der Waals surface area contributed by atoms with Crippen molar-refractivity contribution in [3.63, 3.8) is 0 Å². The molecular weight excluding hydrogens is 434 g/mol. The maximum Gasteiger partial charge on any atom is 0.408 e. The molecule has 1 aromatic rings. The van der Waals surface area contributed by atoms with Gasteiger partial charge in [0, 0.05) is 12.1 Å². The molecule has 0 aromatic heterocycles. The highest BCUT2D eigenvalue weighted by Crippen LogP contribution is 2.34. The van der Waals surface area contributed by atoms with E-state index in [0.717, 1.165) is 44.9 Å². The Bertz CT molecular complexity index is 885. The van der Waals surface area contributed by atoms with Gasteiger partial charge in [-0.2, -0.15) is 0 Å². The summed E-state index contributed by atoms with van der Waals surface area (Å²) in [5.41, 5.74) is 0.620. The molecule has 0 radical (unpaired) electrons. The molecular formula is C26H39N3O5. The van der Waals surface area contributed by atoms with Crippen molar-refractivity contribution in [2.45, 2.75) is 103 Å². The monoisotopic (exact) mass is 473 g/mol. The largest absolute Gasteiger partial charge is 0.508 e. The summed E-state index contributed by atoms with van der Waals surface area (Å²) in [6.07, 6.45) is 7.14. The Morgan fingerprint density at radius 3 is 2.32 bits per heavy atom. The standard InChI is InChI=1S/C26H39N3O5/c1-17-15-18(13-14-21(17)30)23(24(32)28-19-9-6-5-7-10-19)29(20-11-8-12-20)22(31)16-27-25(33)34-26(2,3)4/h13-15,19-20,23,30H,5-12,16H2,1-4H3,(H,27,33)(H,28,32). The summed E-state index contributed by atoms with van der Waals surface area (Å²) in [4.78, 5) is 40.9. The molecule has 0 saturated heterocycles. The molecule has 0 aliphatic heterocycles. The molecule has 0 heterocycles. The van der Waals surface area contributed by atoms with E-state index in [1.54, 1.807) is 50.8 Å². The van der Waals surface area contributed by atoms with Gasteiger partial charge in [-0.3, -0.25) is 9.59 Å². The van der Waals surface area contributed by atoms with Crippen LogP contribution in [0.25, 0.3) is 0 Å². The van der Waals surface area contributed by atoms with E-state index in [4.69, 9.17) is 4.74 Å². The van der Waals surface area contributed by atoms with Gasteiger partial charge in [-0.1, -0.05) is 25.3 Å². The van der Waals surface area contributed by atoms with Gasteiger partial charge in [-0.15, -0.1) is 0 Å².